The summed E-state index contributed by atoms with van der Waals surface area (Å²) in [6, 6.07) is 8.84. The lowest BCUT2D eigenvalue weighted by atomic mass is 9.94. The van der Waals surface area contributed by atoms with E-state index in [9.17, 15) is 0 Å². The molecule has 1 aromatic rings. The van der Waals surface area contributed by atoms with Gasteiger partial charge >= 0.3 is 0 Å². The Morgan fingerprint density at radius 1 is 1.28 bits per heavy atom. The van der Waals surface area contributed by atoms with E-state index in [-0.39, 0.29) is 11.7 Å². The lowest BCUT2D eigenvalue weighted by molar-refractivity contribution is -0.109. The fourth-order valence-electron chi connectivity index (χ4n) is 2.85. The highest BCUT2D eigenvalue weighted by Crippen LogP contribution is 2.44. The number of nitrogens with one attached hydrogen (secondary N) is 1. The first-order valence-electron chi connectivity index (χ1n) is 7.19. The molecule has 2 aliphatic rings. The molecular formula is C16H23NO. The molecule has 1 N–H and O–H groups in total. The fourth-order valence-corrected chi connectivity index (χ4v) is 2.85. The number of hydrogen-bond donors (Lipinski definition) is 1. The Bertz CT molecular complexity index is 427. The van der Waals surface area contributed by atoms with Crippen LogP contribution in [-0.2, 0) is 4.74 Å². The van der Waals surface area contributed by atoms with Gasteiger partial charge < -0.3 is 10.1 Å². The van der Waals surface area contributed by atoms with Crippen molar-refractivity contribution in [2.24, 2.45) is 0 Å². The smallest absolute Gasteiger partial charge is 0.0960 e. The van der Waals surface area contributed by atoms with Gasteiger partial charge in [-0.15, -0.1) is 0 Å². The second kappa shape index (κ2) is 4.67. The first-order chi connectivity index (χ1) is 8.72. The van der Waals surface area contributed by atoms with E-state index in [1.165, 1.54) is 24.0 Å². The number of hydrogen-bond acceptors (Lipinski definition) is 2. The van der Waals surface area contributed by atoms with E-state index in [0.717, 1.165) is 25.4 Å². The van der Waals surface area contributed by atoms with Gasteiger partial charge in [-0.3, -0.25) is 0 Å². The summed E-state index contributed by atoms with van der Waals surface area (Å²) in [6.07, 6.45) is 3.98. The van der Waals surface area contributed by atoms with Crippen LogP contribution in [0.2, 0.25) is 0 Å². The van der Waals surface area contributed by atoms with Crippen LogP contribution in [0.1, 0.15) is 56.3 Å². The number of morpholine rings is 1. The molecule has 2 fully saturated rings. The van der Waals surface area contributed by atoms with Gasteiger partial charge in [0.2, 0.25) is 0 Å². The monoisotopic (exact) mass is 245 g/mol. The average Bonchev–Trinajstić information content (AvgIpc) is 3.23. The van der Waals surface area contributed by atoms with Crippen molar-refractivity contribution in [3.05, 3.63) is 35.4 Å². The van der Waals surface area contributed by atoms with Gasteiger partial charge in [0.15, 0.2) is 0 Å². The second-order valence-corrected chi connectivity index (χ2v) is 5.94. The first-order valence-corrected chi connectivity index (χ1v) is 7.19. The van der Waals surface area contributed by atoms with Gasteiger partial charge in [0.25, 0.3) is 0 Å². The van der Waals surface area contributed by atoms with Crippen LogP contribution in [0.15, 0.2) is 24.3 Å². The average molecular weight is 245 g/mol. The topological polar surface area (TPSA) is 21.3 Å². The SMILES string of the molecule is CCC1(C)CNCC(c2ccccc2C2CC2)O1. The van der Waals surface area contributed by atoms with Crippen molar-refractivity contribution in [3.8, 4) is 0 Å². The molecule has 2 heteroatoms. The van der Waals surface area contributed by atoms with Gasteiger partial charge in [0, 0.05) is 13.1 Å². The van der Waals surface area contributed by atoms with Crippen molar-refractivity contribution in [3.63, 3.8) is 0 Å². The van der Waals surface area contributed by atoms with Gasteiger partial charge in [0.05, 0.1) is 11.7 Å². The Balaban J connectivity index is 1.85. The summed E-state index contributed by atoms with van der Waals surface area (Å²) in [5, 5.41) is 3.54. The summed E-state index contributed by atoms with van der Waals surface area (Å²) in [5.41, 5.74) is 2.91. The van der Waals surface area contributed by atoms with E-state index in [1.54, 1.807) is 0 Å². The molecule has 1 aromatic carbocycles. The van der Waals surface area contributed by atoms with E-state index in [1.807, 2.05) is 0 Å². The van der Waals surface area contributed by atoms with Crippen LogP contribution in [0.25, 0.3) is 0 Å². The molecule has 1 saturated carbocycles. The summed E-state index contributed by atoms with van der Waals surface area (Å²) in [6.45, 7) is 6.33. The Morgan fingerprint density at radius 3 is 2.67 bits per heavy atom. The first kappa shape index (κ1) is 12.2. The normalized spacial score (nSPS) is 32.4. The number of rotatable bonds is 3. The van der Waals surface area contributed by atoms with Gasteiger partial charge in [-0.05, 0) is 43.2 Å². The van der Waals surface area contributed by atoms with Gasteiger partial charge in [-0.25, -0.2) is 0 Å². The molecule has 1 aliphatic heterocycles. The predicted octanol–water partition coefficient (Wildman–Crippen LogP) is 3.39. The van der Waals surface area contributed by atoms with E-state index >= 15 is 0 Å². The van der Waals surface area contributed by atoms with Crippen molar-refractivity contribution in [2.75, 3.05) is 13.1 Å². The van der Waals surface area contributed by atoms with Crippen molar-refractivity contribution in [1.82, 2.24) is 5.32 Å². The molecule has 0 radical (unpaired) electrons. The van der Waals surface area contributed by atoms with Gasteiger partial charge in [-0.1, -0.05) is 31.2 Å². The van der Waals surface area contributed by atoms with Crippen LogP contribution >= 0.6 is 0 Å². The molecule has 98 valence electrons. The lowest BCUT2D eigenvalue weighted by Crippen LogP contribution is -2.48. The molecule has 1 heterocycles. The van der Waals surface area contributed by atoms with Crippen LogP contribution in [0.3, 0.4) is 0 Å². The van der Waals surface area contributed by atoms with E-state index in [0.29, 0.717) is 0 Å². The highest BCUT2D eigenvalue weighted by atomic mass is 16.5. The maximum Gasteiger partial charge on any atom is 0.0960 e. The van der Waals surface area contributed by atoms with Crippen molar-refractivity contribution < 1.29 is 4.74 Å². The molecule has 0 bridgehead atoms. The highest BCUT2D eigenvalue weighted by Gasteiger charge is 2.35. The quantitative estimate of drug-likeness (QED) is 0.881. The Kier molecular flexibility index (Phi) is 3.16. The fraction of sp³-hybridized carbons (Fsp3) is 0.625. The third-order valence-corrected chi connectivity index (χ3v) is 4.36. The zero-order valence-electron chi connectivity index (χ0n) is 11.4. The zero-order chi connectivity index (χ0) is 12.6. The summed E-state index contributed by atoms with van der Waals surface area (Å²) >= 11 is 0. The lowest BCUT2D eigenvalue weighted by Gasteiger charge is -2.39. The van der Waals surface area contributed by atoms with Gasteiger partial charge in [-0.2, -0.15) is 0 Å². The van der Waals surface area contributed by atoms with Gasteiger partial charge in [0.1, 0.15) is 0 Å². The molecule has 18 heavy (non-hydrogen) atoms. The third kappa shape index (κ3) is 2.32. The van der Waals surface area contributed by atoms with Crippen molar-refractivity contribution in [1.29, 1.82) is 0 Å². The van der Waals surface area contributed by atoms with Crippen LogP contribution in [-0.4, -0.2) is 18.7 Å². The minimum Gasteiger partial charge on any atom is -0.365 e. The minimum atomic E-state index is -0.0143. The maximum atomic E-state index is 6.37. The minimum absolute atomic E-state index is 0.0143. The highest BCUT2D eigenvalue weighted by molar-refractivity contribution is 5.35. The van der Waals surface area contributed by atoms with E-state index in [4.69, 9.17) is 4.74 Å². The standard InChI is InChI=1S/C16H23NO/c1-3-16(2)11-17-10-15(18-16)14-7-5-4-6-13(14)12-8-9-12/h4-7,12,15,17H,3,8-11H2,1-2H3. The number of benzene rings is 1. The molecule has 0 spiro atoms. The molecule has 2 nitrogen and oxygen atoms in total. The second-order valence-electron chi connectivity index (χ2n) is 5.94. The summed E-state index contributed by atoms with van der Waals surface area (Å²) in [5.74, 6) is 0.791. The largest absolute Gasteiger partial charge is 0.365 e. The van der Waals surface area contributed by atoms with Crippen LogP contribution in [0, 0.1) is 0 Å². The van der Waals surface area contributed by atoms with Crippen LogP contribution < -0.4 is 5.32 Å². The predicted molar refractivity (Wildman–Crippen MR) is 73.8 cm³/mol. The van der Waals surface area contributed by atoms with E-state index < -0.39 is 0 Å². The molecule has 2 atom stereocenters. The molecule has 1 saturated heterocycles. The molecule has 3 rings (SSSR count). The van der Waals surface area contributed by atoms with Crippen molar-refractivity contribution in [2.45, 2.75) is 50.7 Å². The van der Waals surface area contributed by atoms with E-state index in [2.05, 4.69) is 43.4 Å². The van der Waals surface area contributed by atoms with Crippen LogP contribution in [0.5, 0.6) is 0 Å². The Hall–Kier alpha value is -0.860. The third-order valence-electron chi connectivity index (χ3n) is 4.36. The molecular weight excluding hydrogens is 222 g/mol. The Morgan fingerprint density at radius 2 is 2.00 bits per heavy atom. The summed E-state index contributed by atoms with van der Waals surface area (Å²) in [4.78, 5) is 0. The molecule has 1 aliphatic carbocycles. The molecule has 2 unspecified atom stereocenters. The van der Waals surface area contributed by atoms with Crippen LogP contribution in [0.4, 0.5) is 0 Å². The summed E-state index contributed by atoms with van der Waals surface area (Å²) in [7, 11) is 0. The molecule has 0 amide bonds. The van der Waals surface area contributed by atoms with Crippen molar-refractivity contribution >= 4 is 0 Å². The maximum absolute atomic E-state index is 6.37. The zero-order valence-corrected chi connectivity index (χ0v) is 11.4. The number of ether oxygens (including phenoxy) is 1. The molecule has 0 aromatic heterocycles. The Labute approximate surface area is 110 Å². The summed E-state index contributed by atoms with van der Waals surface area (Å²) < 4.78 is 6.37.